The molecular formula is C12H22N2O7S. The third-order valence-electron chi connectivity index (χ3n) is 3.09. The molecule has 0 bridgehead atoms. The molecule has 1 saturated heterocycles. The van der Waals surface area contributed by atoms with Gasteiger partial charge in [-0.2, -0.15) is 0 Å². The van der Waals surface area contributed by atoms with Crippen LogP contribution in [-0.4, -0.2) is 81.6 Å². The van der Waals surface area contributed by atoms with Gasteiger partial charge in [-0.3, -0.25) is 4.79 Å². The summed E-state index contributed by atoms with van der Waals surface area (Å²) in [4.78, 5) is 24.3. The summed E-state index contributed by atoms with van der Waals surface area (Å²) in [7, 11) is -2.08. The highest BCUT2D eigenvalue weighted by Crippen LogP contribution is 2.11. The summed E-state index contributed by atoms with van der Waals surface area (Å²) in [5.41, 5.74) is 0. The summed E-state index contributed by atoms with van der Waals surface area (Å²) < 4.78 is 35.5. The van der Waals surface area contributed by atoms with E-state index in [1.807, 2.05) is 0 Å². The van der Waals surface area contributed by atoms with Gasteiger partial charge in [-0.25, -0.2) is 17.9 Å². The molecule has 22 heavy (non-hydrogen) atoms. The van der Waals surface area contributed by atoms with E-state index in [9.17, 15) is 18.0 Å². The maximum absolute atomic E-state index is 12.0. The molecule has 0 aromatic carbocycles. The van der Waals surface area contributed by atoms with Crippen LogP contribution in [-0.2, 0) is 29.1 Å². The smallest absolute Gasteiger partial charge is 0.334 e. The van der Waals surface area contributed by atoms with Crippen LogP contribution >= 0.6 is 0 Å². The van der Waals surface area contributed by atoms with Gasteiger partial charge in [0.15, 0.2) is 6.10 Å². The largest absolute Gasteiger partial charge is 0.479 e. The van der Waals surface area contributed by atoms with Crippen molar-refractivity contribution in [2.24, 2.45) is 0 Å². The minimum Gasteiger partial charge on any atom is -0.479 e. The average molecular weight is 338 g/mol. The molecule has 2 N–H and O–H groups in total. The van der Waals surface area contributed by atoms with Gasteiger partial charge in [-0.05, 0) is 13.3 Å². The number of morpholine rings is 1. The summed E-state index contributed by atoms with van der Waals surface area (Å²) in [6.45, 7) is 1.72. The molecule has 1 aliphatic heterocycles. The minimum absolute atomic E-state index is 0.0933. The third kappa shape index (κ3) is 6.26. The zero-order chi connectivity index (χ0) is 16.8. The van der Waals surface area contributed by atoms with Gasteiger partial charge in [0.1, 0.15) is 0 Å². The number of carboxylic acids is 1. The second-order valence-electron chi connectivity index (χ2n) is 5.06. The molecule has 2 atom stereocenters. The second kappa shape index (κ2) is 8.42. The SMILES string of the molecule is COCCCS(=O)(=O)NCC(=O)N1CC(C(=O)O)O[C@H](C)C1. The molecule has 10 heteroatoms. The fraction of sp³-hybridized carbons (Fsp3) is 0.833. The molecule has 0 saturated carbocycles. The second-order valence-corrected chi connectivity index (χ2v) is 6.99. The number of nitrogens with one attached hydrogen (secondary N) is 1. The predicted molar refractivity (Wildman–Crippen MR) is 76.8 cm³/mol. The lowest BCUT2D eigenvalue weighted by atomic mass is 10.2. The Morgan fingerprint density at radius 1 is 1.41 bits per heavy atom. The third-order valence-corrected chi connectivity index (χ3v) is 4.50. The number of amides is 1. The lowest BCUT2D eigenvalue weighted by Crippen LogP contribution is -2.53. The number of methoxy groups -OCH3 is 1. The normalized spacial score (nSPS) is 22.5. The van der Waals surface area contributed by atoms with Crippen LogP contribution < -0.4 is 4.72 Å². The molecule has 0 spiro atoms. The van der Waals surface area contributed by atoms with Crippen LogP contribution in [0.1, 0.15) is 13.3 Å². The van der Waals surface area contributed by atoms with Crippen molar-refractivity contribution in [1.82, 2.24) is 9.62 Å². The number of carbonyl (C=O) groups excluding carboxylic acids is 1. The zero-order valence-corrected chi connectivity index (χ0v) is 13.5. The fourth-order valence-electron chi connectivity index (χ4n) is 2.04. The van der Waals surface area contributed by atoms with Gasteiger partial charge in [-0.1, -0.05) is 0 Å². The van der Waals surface area contributed by atoms with Crippen molar-refractivity contribution in [2.75, 3.05) is 39.1 Å². The Balaban J connectivity index is 2.49. The van der Waals surface area contributed by atoms with E-state index in [1.54, 1.807) is 6.92 Å². The van der Waals surface area contributed by atoms with Crippen molar-refractivity contribution in [1.29, 1.82) is 0 Å². The van der Waals surface area contributed by atoms with Gasteiger partial charge in [0.05, 0.1) is 24.9 Å². The highest BCUT2D eigenvalue weighted by Gasteiger charge is 2.32. The number of carboxylic acid groups (broad SMARTS) is 1. The van der Waals surface area contributed by atoms with Crippen LogP contribution in [0.3, 0.4) is 0 Å². The molecule has 0 radical (unpaired) electrons. The Hall–Kier alpha value is -1.23. The number of hydrogen-bond donors (Lipinski definition) is 2. The molecule has 1 aliphatic rings. The van der Waals surface area contributed by atoms with Crippen molar-refractivity contribution >= 4 is 21.9 Å². The first-order valence-corrected chi connectivity index (χ1v) is 8.52. The predicted octanol–water partition coefficient (Wildman–Crippen LogP) is -1.36. The molecule has 0 aliphatic carbocycles. The van der Waals surface area contributed by atoms with Crippen LogP contribution in [0.15, 0.2) is 0 Å². The number of hydrogen-bond acceptors (Lipinski definition) is 6. The topological polar surface area (TPSA) is 122 Å². The van der Waals surface area contributed by atoms with Crippen LogP contribution in [0.2, 0.25) is 0 Å². The maximum atomic E-state index is 12.0. The molecule has 128 valence electrons. The molecule has 9 nitrogen and oxygen atoms in total. The van der Waals surface area contributed by atoms with Crippen LogP contribution in [0.25, 0.3) is 0 Å². The van der Waals surface area contributed by atoms with Crippen molar-refractivity contribution in [2.45, 2.75) is 25.6 Å². The molecule has 0 aromatic heterocycles. The van der Waals surface area contributed by atoms with E-state index < -0.39 is 40.7 Å². The zero-order valence-electron chi connectivity index (χ0n) is 12.6. The van der Waals surface area contributed by atoms with Crippen molar-refractivity contribution < 1.29 is 32.6 Å². The van der Waals surface area contributed by atoms with Crippen LogP contribution in [0.4, 0.5) is 0 Å². The van der Waals surface area contributed by atoms with Crippen LogP contribution in [0.5, 0.6) is 0 Å². The summed E-state index contributed by atoms with van der Waals surface area (Å²) in [6, 6.07) is 0. The first kappa shape index (κ1) is 18.8. The lowest BCUT2D eigenvalue weighted by molar-refractivity contribution is -0.166. The van der Waals surface area contributed by atoms with E-state index in [1.165, 1.54) is 12.0 Å². The summed E-state index contributed by atoms with van der Waals surface area (Å²) in [6.07, 6.45) is -1.18. The molecule has 1 unspecified atom stereocenters. The van der Waals surface area contributed by atoms with E-state index in [0.29, 0.717) is 13.0 Å². The number of ether oxygens (including phenoxy) is 2. The highest BCUT2D eigenvalue weighted by atomic mass is 32.2. The lowest BCUT2D eigenvalue weighted by Gasteiger charge is -2.34. The Morgan fingerprint density at radius 3 is 2.68 bits per heavy atom. The molecule has 1 heterocycles. The Morgan fingerprint density at radius 2 is 2.09 bits per heavy atom. The fourth-order valence-corrected chi connectivity index (χ4v) is 3.03. The van der Waals surface area contributed by atoms with E-state index in [4.69, 9.17) is 14.6 Å². The molecule has 1 fully saturated rings. The molecule has 0 aromatic rings. The van der Waals surface area contributed by atoms with E-state index in [2.05, 4.69) is 4.72 Å². The summed E-state index contributed by atoms with van der Waals surface area (Å²) >= 11 is 0. The van der Waals surface area contributed by atoms with E-state index in [0.717, 1.165) is 0 Å². The Kier molecular flexibility index (Phi) is 7.20. The number of rotatable bonds is 8. The van der Waals surface area contributed by atoms with Gasteiger partial charge < -0.3 is 19.5 Å². The summed E-state index contributed by atoms with van der Waals surface area (Å²) in [5.74, 6) is -1.76. The Labute approximate surface area is 129 Å². The van der Waals surface area contributed by atoms with Crippen molar-refractivity contribution in [3.05, 3.63) is 0 Å². The molecule has 1 rings (SSSR count). The van der Waals surface area contributed by atoms with E-state index in [-0.39, 0.29) is 18.8 Å². The molecule has 1 amide bonds. The number of nitrogens with zero attached hydrogens (tertiary/aromatic N) is 1. The van der Waals surface area contributed by atoms with Crippen LogP contribution in [0, 0.1) is 0 Å². The van der Waals surface area contributed by atoms with Gasteiger partial charge in [-0.15, -0.1) is 0 Å². The quantitative estimate of drug-likeness (QED) is 0.524. The minimum atomic E-state index is -3.56. The molecular weight excluding hydrogens is 316 g/mol. The van der Waals surface area contributed by atoms with E-state index >= 15 is 0 Å². The maximum Gasteiger partial charge on any atom is 0.334 e. The van der Waals surface area contributed by atoms with Crippen molar-refractivity contribution in [3.63, 3.8) is 0 Å². The first-order chi connectivity index (χ1) is 10.2. The summed E-state index contributed by atoms with van der Waals surface area (Å²) in [5, 5.41) is 8.95. The van der Waals surface area contributed by atoms with Gasteiger partial charge >= 0.3 is 5.97 Å². The van der Waals surface area contributed by atoms with Gasteiger partial charge in [0.2, 0.25) is 15.9 Å². The Bertz CT molecular complexity index is 494. The van der Waals surface area contributed by atoms with Crippen molar-refractivity contribution in [3.8, 4) is 0 Å². The first-order valence-electron chi connectivity index (χ1n) is 6.87. The average Bonchev–Trinajstić information content (AvgIpc) is 2.44. The highest BCUT2D eigenvalue weighted by molar-refractivity contribution is 7.89. The monoisotopic (exact) mass is 338 g/mol. The van der Waals surface area contributed by atoms with Gasteiger partial charge in [0.25, 0.3) is 0 Å². The van der Waals surface area contributed by atoms with Gasteiger partial charge in [0, 0.05) is 20.3 Å². The number of sulfonamides is 1. The standard InChI is InChI=1S/C12H22N2O7S/c1-9-7-14(8-10(21-9)12(16)17)11(15)6-13-22(18,19)5-3-4-20-2/h9-10,13H,3-8H2,1-2H3,(H,16,17)/t9-,10?/m1/s1. The number of aliphatic carboxylic acids is 1. The number of carbonyl (C=O) groups is 2.